The molecule has 3 heterocycles. The molecule has 2 atom stereocenters. The second kappa shape index (κ2) is 9.97. The molecule has 1 amide bonds. The molecule has 5 rings (SSSR count). The number of aromatic nitrogens is 2. The number of rotatable bonds is 7. The first-order chi connectivity index (χ1) is 16.6. The van der Waals surface area contributed by atoms with E-state index in [4.69, 9.17) is 0 Å². The van der Waals surface area contributed by atoms with Gasteiger partial charge in [-0.1, -0.05) is 24.6 Å². The van der Waals surface area contributed by atoms with Gasteiger partial charge in [0.25, 0.3) is 11.5 Å². The van der Waals surface area contributed by atoms with E-state index in [0.29, 0.717) is 11.7 Å². The van der Waals surface area contributed by atoms with Crippen molar-refractivity contribution in [3.8, 4) is 0 Å². The number of pyridine rings is 1. The fourth-order valence-electron chi connectivity index (χ4n) is 4.91. The minimum atomic E-state index is -0.351. The number of amides is 1. The van der Waals surface area contributed by atoms with Gasteiger partial charge in [-0.05, 0) is 74.9 Å². The normalized spacial score (nSPS) is 19.6. The first-order valence-corrected chi connectivity index (χ1v) is 12.4. The van der Waals surface area contributed by atoms with Crippen molar-refractivity contribution in [1.82, 2.24) is 20.0 Å². The lowest BCUT2D eigenvalue weighted by Crippen LogP contribution is -2.47. The highest BCUT2D eigenvalue weighted by molar-refractivity contribution is 5.92. The van der Waals surface area contributed by atoms with Gasteiger partial charge in [-0.2, -0.15) is 0 Å². The number of nitrogens with zero attached hydrogens (tertiary/aromatic N) is 3. The van der Waals surface area contributed by atoms with Gasteiger partial charge in [0.15, 0.2) is 0 Å². The minimum Gasteiger partial charge on any atom is -0.370 e. The van der Waals surface area contributed by atoms with Crippen LogP contribution in [0.25, 0.3) is 5.65 Å². The van der Waals surface area contributed by atoms with Crippen molar-refractivity contribution in [3.05, 3.63) is 76.3 Å². The first kappa shape index (κ1) is 22.6. The molecule has 2 N–H and O–H groups in total. The van der Waals surface area contributed by atoms with Gasteiger partial charge in [0.05, 0.1) is 6.04 Å². The Kier molecular flexibility index (Phi) is 6.63. The summed E-state index contributed by atoms with van der Waals surface area (Å²) in [7, 11) is 0. The molecular formula is C27H33N5O2. The van der Waals surface area contributed by atoms with E-state index in [1.54, 1.807) is 24.4 Å². The van der Waals surface area contributed by atoms with E-state index in [1.807, 2.05) is 6.92 Å². The quantitative estimate of drug-likeness (QED) is 0.565. The van der Waals surface area contributed by atoms with Crippen molar-refractivity contribution in [2.45, 2.75) is 51.1 Å². The standard InChI is InChI=1S/C27H33N5O2/c1-19(29-27(34)24-16-26(33)32-15-3-2-9-25(32)30-24)21-10-12-23(13-11-21)31-14-5-8-22(18-31)28-17-20-6-4-7-20/h2-3,9-13,15-16,19-20,22,28H,4-8,14,17-18H2,1H3,(H,29,34)/t19-,22+/m0/s1. The number of anilines is 1. The molecule has 1 saturated carbocycles. The summed E-state index contributed by atoms with van der Waals surface area (Å²) in [6.45, 7) is 5.23. The van der Waals surface area contributed by atoms with Gasteiger partial charge in [-0.25, -0.2) is 4.98 Å². The largest absolute Gasteiger partial charge is 0.370 e. The summed E-state index contributed by atoms with van der Waals surface area (Å²) >= 11 is 0. The maximum absolute atomic E-state index is 12.8. The molecule has 0 unspecified atom stereocenters. The molecule has 34 heavy (non-hydrogen) atoms. The molecule has 1 aliphatic heterocycles. The van der Waals surface area contributed by atoms with E-state index in [1.165, 1.54) is 48.3 Å². The van der Waals surface area contributed by atoms with Crippen LogP contribution < -0.4 is 21.1 Å². The van der Waals surface area contributed by atoms with Crippen LogP contribution in [0.4, 0.5) is 5.69 Å². The van der Waals surface area contributed by atoms with E-state index >= 15 is 0 Å². The van der Waals surface area contributed by atoms with Gasteiger partial charge >= 0.3 is 0 Å². The predicted molar refractivity (Wildman–Crippen MR) is 134 cm³/mol. The SMILES string of the molecule is C[C@H](NC(=O)c1cc(=O)n2ccccc2n1)c1ccc(N2CCC[C@@H](NCC3CCC3)C2)cc1. The molecule has 1 aromatic carbocycles. The number of hydrogen-bond acceptors (Lipinski definition) is 5. The Bertz CT molecular complexity index is 1200. The lowest BCUT2D eigenvalue weighted by Gasteiger charge is -2.36. The molecule has 0 bridgehead atoms. The number of carbonyl (C=O) groups excluding carboxylic acids is 1. The molecule has 0 spiro atoms. The van der Waals surface area contributed by atoms with Crippen molar-refractivity contribution >= 4 is 17.2 Å². The summed E-state index contributed by atoms with van der Waals surface area (Å²) in [5.41, 5.74) is 2.57. The molecule has 0 radical (unpaired) electrons. The maximum atomic E-state index is 12.8. The lowest BCUT2D eigenvalue weighted by molar-refractivity contribution is 0.0935. The van der Waals surface area contributed by atoms with Crippen molar-refractivity contribution < 1.29 is 4.79 Å². The molecule has 2 fully saturated rings. The van der Waals surface area contributed by atoms with Gasteiger partial charge in [-0.3, -0.25) is 14.0 Å². The first-order valence-electron chi connectivity index (χ1n) is 12.4. The Morgan fingerprint density at radius 1 is 1.12 bits per heavy atom. The highest BCUT2D eigenvalue weighted by Gasteiger charge is 2.23. The Balaban J connectivity index is 1.20. The summed E-state index contributed by atoms with van der Waals surface area (Å²) in [6, 6.07) is 15.4. The molecule has 2 aromatic heterocycles. The molecule has 178 valence electrons. The van der Waals surface area contributed by atoms with Crippen LogP contribution in [0.3, 0.4) is 0 Å². The van der Waals surface area contributed by atoms with Gasteiger partial charge in [-0.15, -0.1) is 0 Å². The fourth-order valence-corrected chi connectivity index (χ4v) is 4.91. The maximum Gasteiger partial charge on any atom is 0.270 e. The Morgan fingerprint density at radius 2 is 1.94 bits per heavy atom. The van der Waals surface area contributed by atoms with Crippen LogP contribution in [0.1, 0.15) is 61.1 Å². The molecule has 2 aliphatic rings. The van der Waals surface area contributed by atoms with Crippen molar-refractivity contribution in [3.63, 3.8) is 0 Å². The summed E-state index contributed by atoms with van der Waals surface area (Å²) in [4.78, 5) is 31.9. The van der Waals surface area contributed by atoms with Gasteiger partial charge in [0.2, 0.25) is 0 Å². The number of hydrogen-bond donors (Lipinski definition) is 2. The van der Waals surface area contributed by atoms with Crippen LogP contribution in [0, 0.1) is 5.92 Å². The zero-order chi connectivity index (χ0) is 23.5. The predicted octanol–water partition coefficient (Wildman–Crippen LogP) is 3.54. The number of nitrogens with one attached hydrogen (secondary N) is 2. The average molecular weight is 460 g/mol. The van der Waals surface area contributed by atoms with E-state index < -0.39 is 0 Å². The highest BCUT2D eigenvalue weighted by Crippen LogP contribution is 2.26. The van der Waals surface area contributed by atoms with Crippen molar-refractivity contribution in [1.29, 1.82) is 0 Å². The fraction of sp³-hybridized carbons (Fsp3) is 0.444. The Morgan fingerprint density at radius 3 is 2.71 bits per heavy atom. The molecule has 7 heteroatoms. The van der Waals surface area contributed by atoms with Crippen LogP contribution in [-0.2, 0) is 0 Å². The summed E-state index contributed by atoms with van der Waals surface area (Å²) < 4.78 is 1.42. The van der Waals surface area contributed by atoms with E-state index in [-0.39, 0.29) is 23.2 Å². The Hall–Kier alpha value is -3.19. The Labute approximate surface area is 200 Å². The van der Waals surface area contributed by atoms with Gasteiger partial charge in [0, 0.05) is 37.1 Å². The monoisotopic (exact) mass is 459 g/mol. The average Bonchev–Trinajstić information content (AvgIpc) is 2.83. The number of benzene rings is 1. The number of carbonyl (C=O) groups is 1. The number of fused-ring (bicyclic) bond motifs is 1. The van der Waals surface area contributed by atoms with E-state index in [9.17, 15) is 9.59 Å². The van der Waals surface area contributed by atoms with Crippen LogP contribution in [0.15, 0.2) is 59.5 Å². The van der Waals surface area contributed by atoms with Crippen LogP contribution in [0.5, 0.6) is 0 Å². The smallest absolute Gasteiger partial charge is 0.270 e. The lowest BCUT2D eigenvalue weighted by atomic mass is 9.85. The molecule has 3 aromatic rings. The molecule has 1 aliphatic carbocycles. The van der Waals surface area contributed by atoms with Gasteiger partial charge in [0.1, 0.15) is 11.3 Å². The highest BCUT2D eigenvalue weighted by atomic mass is 16.2. The molecule has 7 nitrogen and oxygen atoms in total. The second-order valence-corrected chi connectivity index (χ2v) is 9.69. The second-order valence-electron chi connectivity index (χ2n) is 9.69. The van der Waals surface area contributed by atoms with Crippen molar-refractivity contribution in [2.24, 2.45) is 5.92 Å². The summed E-state index contributed by atoms with van der Waals surface area (Å²) in [5.74, 6) is 0.534. The number of piperidine rings is 1. The minimum absolute atomic E-state index is 0.133. The van der Waals surface area contributed by atoms with Crippen LogP contribution in [0.2, 0.25) is 0 Å². The summed E-state index contributed by atoms with van der Waals surface area (Å²) in [6.07, 6.45) is 8.25. The van der Waals surface area contributed by atoms with Crippen LogP contribution >= 0.6 is 0 Å². The zero-order valence-corrected chi connectivity index (χ0v) is 19.7. The van der Waals surface area contributed by atoms with Crippen molar-refractivity contribution in [2.75, 3.05) is 24.5 Å². The topological polar surface area (TPSA) is 78.7 Å². The zero-order valence-electron chi connectivity index (χ0n) is 19.7. The van der Waals surface area contributed by atoms with Crippen LogP contribution in [-0.4, -0.2) is 41.0 Å². The third-order valence-electron chi connectivity index (χ3n) is 7.25. The third kappa shape index (κ3) is 4.99. The molecule has 1 saturated heterocycles. The van der Waals surface area contributed by atoms with E-state index in [2.05, 4.69) is 44.8 Å². The van der Waals surface area contributed by atoms with Gasteiger partial charge < -0.3 is 15.5 Å². The summed E-state index contributed by atoms with van der Waals surface area (Å²) in [5, 5.41) is 6.76. The third-order valence-corrected chi connectivity index (χ3v) is 7.25. The molecular weight excluding hydrogens is 426 g/mol. The van der Waals surface area contributed by atoms with E-state index in [0.717, 1.165) is 31.1 Å².